The summed E-state index contributed by atoms with van der Waals surface area (Å²) in [5, 5.41) is 3.05. The maximum Gasteiger partial charge on any atom is 0.230 e. The molecule has 0 aliphatic carbocycles. The van der Waals surface area contributed by atoms with Gasteiger partial charge in [0.05, 0.1) is 17.2 Å². The van der Waals surface area contributed by atoms with Crippen LogP contribution in [0, 0.1) is 0 Å². The van der Waals surface area contributed by atoms with Crippen LogP contribution < -0.4 is 10.2 Å². The number of anilines is 3. The molecular formula is C13H10BrN7. The molecule has 0 spiro atoms. The number of aromatic nitrogens is 4. The van der Waals surface area contributed by atoms with Crippen molar-refractivity contribution in [3.8, 4) is 0 Å². The van der Waals surface area contributed by atoms with E-state index in [-0.39, 0.29) is 0 Å². The summed E-state index contributed by atoms with van der Waals surface area (Å²) in [6, 6.07) is 0. The van der Waals surface area contributed by atoms with Gasteiger partial charge in [0.25, 0.3) is 0 Å². The van der Waals surface area contributed by atoms with Crippen molar-refractivity contribution in [1.82, 2.24) is 19.9 Å². The lowest BCUT2D eigenvalue weighted by Crippen LogP contribution is -2.31. The lowest BCUT2D eigenvalue weighted by atomic mass is 10.2. The summed E-state index contributed by atoms with van der Waals surface area (Å²) < 4.78 is 0.964. The fourth-order valence-electron chi connectivity index (χ4n) is 2.30. The van der Waals surface area contributed by atoms with Crippen molar-refractivity contribution in [3.05, 3.63) is 34.8 Å². The second kappa shape index (κ2) is 4.88. The summed E-state index contributed by atoms with van der Waals surface area (Å²) in [6.45, 7) is 1.60. The minimum Gasteiger partial charge on any atom is -0.308 e. The van der Waals surface area contributed by atoms with Gasteiger partial charge in [-0.15, -0.1) is 0 Å². The highest BCUT2D eigenvalue weighted by Crippen LogP contribution is 2.33. The minimum absolute atomic E-state index is 0.493. The minimum atomic E-state index is 0.493. The van der Waals surface area contributed by atoms with Crippen LogP contribution in [0.15, 0.2) is 34.3 Å². The molecule has 0 saturated carbocycles. The summed E-state index contributed by atoms with van der Waals surface area (Å²) in [6.07, 6.45) is 8.64. The summed E-state index contributed by atoms with van der Waals surface area (Å²) in [5.74, 6) is 2.88. The molecule has 2 aliphatic heterocycles. The third kappa shape index (κ3) is 2.17. The Morgan fingerprint density at radius 1 is 1.19 bits per heavy atom. The molecule has 7 nitrogen and oxygen atoms in total. The van der Waals surface area contributed by atoms with Gasteiger partial charge < -0.3 is 10.2 Å². The van der Waals surface area contributed by atoms with Gasteiger partial charge in [-0.1, -0.05) is 0 Å². The zero-order chi connectivity index (χ0) is 14.2. The van der Waals surface area contributed by atoms with Crippen LogP contribution in [0.4, 0.5) is 17.6 Å². The predicted molar refractivity (Wildman–Crippen MR) is 83.9 cm³/mol. The van der Waals surface area contributed by atoms with Crippen LogP contribution in [0.5, 0.6) is 0 Å². The lowest BCUT2D eigenvalue weighted by molar-refractivity contribution is 0.985. The van der Waals surface area contributed by atoms with Crippen molar-refractivity contribution in [2.75, 3.05) is 23.3 Å². The standard InChI is InChI=1S/C13H10BrN7/c14-9-5-8-6-18-13(19-10-7-15-1-2-16-10)20-11(8)21-4-3-17-12(9)21/h1-2,5-7H,3-4H2,(H,16,18,19,20). The smallest absolute Gasteiger partial charge is 0.230 e. The van der Waals surface area contributed by atoms with Gasteiger partial charge in [-0.2, -0.15) is 4.98 Å². The number of hydrogen-bond donors (Lipinski definition) is 1. The SMILES string of the molecule is BrC1=Cc2cnc(Nc3cnccn3)nc2N2CCN=C12. The van der Waals surface area contributed by atoms with Crippen molar-refractivity contribution < 1.29 is 0 Å². The Balaban J connectivity index is 1.72. The van der Waals surface area contributed by atoms with E-state index in [1.165, 1.54) is 0 Å². The molecule has 1 N–H and O–H groups in total. The first-order valence-electron chi connectivity index (χ1n) is 6.41. The first-order valence-corrected chi connectivity index (χ1v) is 7.20. The van der Waals surface area contributed by atoms with E-state index in [9.17, 15) is 0 Å². The van der Waals surface area contributed by atoms with E-state index in [2.05, 4.69) is 51.1 Å². The molecule has 2 aromatic rings. The quantitative estimate of drug-likeness (QED) is 0.898. The molecule has 0 fully saturated rings. The molecule has 0 unspecified atom stereocenters. The lowest BCUT2D eigenvalue weighted by Gasteiger charge is -2.25. The number of halogens is 1. The molecule has 21 heavy (non-hydrogen) atoms. The van der Waals surface area contributed by atoms with Crippen molar-refractivity contribution >= 4 is 45.4 Å². The molecule has 0 amide bonds. The van der Waals surface area contributed by atoms with Gasteiger partial charge >= 0.3 is 0 Å². The Labute approximate surface area is 129 Å². The average molecular weight is 344 g/mol. The number of amidine groups is 1. The summed E-state index contributed by atoms with van der Waals surface area (Å²) in [5.41, 5.74) is 0.965. The topological polar surface area (TPSA) is 79.2 Å². The summed E-state index contributed by atoms with van der Waals surface area (Å²) in [7, 11) is 0. The molecule has 4 rings (SSSR count). The van der Waals surface area contributed by atoms with Crippen LogP contribution in [0.1, 0.15) is 5.56 Å². The summed E-state index contributed by atoms with van der Waals surface area (Å²) >= 11 is 3.54. The molecule has 2 aliphatic rings. The number of nitrogens with zero attached hydrogens (tertiary/aromatic N) is 6. The summed E-state index contributed by atoms with van der Waals surface area (Å²) in [4.78, 5) is 23.6. The van der Waals surface area contributed by atoms with E-state index in [1.807, 2.05) is 6.08 Å². The molecular weight excluding hydrogens is 334 g/mol. The van der Waals surface area contributed by atoms with Gasteiger partial charge in [0.1, 0.15) is 11.7 Å². The maximum absolute atomic E-state index is 4.58. The van der Waals surface area contributed by atoms with Gasteiger partial charge in [-0.05, 0) is 22.0 Å². The number of hydrogen-bond acceptors (Lipinski definition) is 7. The van der Waals surface area contributed by atoms with E-state index in [1.54, 1.807) is 24.8 Å². The molecule has 4 heterocycles. The zero-order valence-corrected chi connectivity index (χ0v) is 12.4. The number of aliphatic imine (C=N–C) groups is 1. The van der Waals surface area contributed by atoms with E-state index < -0.39 is 0 Å². The van der Waals surface area contributed by atoms with Crippen molar-refractivity contribution in [3.63, 3.8) is 0 Å². The molecule has 0 radical (unpaired) electrons. The molecule has 8 heteroatoms. The van der Waals surface area contributed by atoms with Gasteiger partial charge in [0, 0.05) is 30.7 Å². The van der Waals surface area contributed by atoms with Crippen LogP contribution in [0.25, 0.3) is 6.08 Å². The Morgan fingerprint density at radius 3 is 3.00 bits per heavy atom. The monoisotopic (exact) mass is 343 g/mol. The van der Waals surface area contributed by atoms with E-state index in [0.29, 0.717) is 11.8 Å². The molecule has 0 aromatic carbocycles. The first-order chi connectivity index (χ1) is 10.3. The Hall–Kier alpha value is -2.35. The van der Waals surface area contributed by atoms with Crippen molar-refractivity contribution in [1.29, 1.82) is 0 Å². The van der Waals surface area contributed by atoms with Crippen molar-refractivity contribution in [2.24, 2.45) is 4.99 Å². The van der Waals surface area contributed by atoms with Crippen molar-refractivity contribution in [2.45, 2.75) is 0 Å². The highest BCUT2D eigenvalue weighted by atomic mass is 79.9. The normalized spacial score (nSPS) is 16.0. The van der Waals surface area contributed by atoms with Crippen LogP contribution in [0.2, 0.25) is 0 Å². The van der Waals surface area contributed by atoms with Gasteiger partial charge in [0.15, 0.2) is 5.82 Å². The van der Waals surface area contributed by atoms with E-state index in [4.69, 9.17) is 0 Å². The molecule has 0 atom stereocenters. The predicted octanol–water partition coefficient (Wildman–Crippen LogP) is 1.98. The Kier molecular flexibility index (Phi) is 2.88. The van der Waals surface area contributed by atoms with Crippen LogP contribution in [0.3, 0.4) is 0 Å². The number of rotatable bonds is 2. The Morgan fingerprint density at radius 2 is 2.14 bits per heavy atom. The molecule has 0 bridgehead atoms. The third-order valence-electron chi connectivity index (χ3n) is 3.19. The highest BCUT2D eigenvalue weighted by Gasteiger charge is 2.28. The Bertz CT molecular complexity index is 756. The largest absolute Gasteiger partial charge is 0.308 e. The second-order valence-corrected chi connectivity index (χ2v) is 5.39. The third-order valence-corrected chi connectivity index (χ3v) is 3.77. The number of fused-ring (bicyclic) bond motifs is 3. The second-order valence-electron chi connectivity index (χ2n) is 4.54. The average Bonchev–Trinajstić information content (AvgIpc) is 3.00. The van der Waals surface area contributed by atoms with Crippen LogP contribution >= 0.6 is 15.9 Å². The highest BCUT2D eigenvalue weighted by molar-refractivity contribution is 9.12. The zero-order valence-electron chi connectivity index (χ0n) is 10.9. The van der Waals surface area contributed by atoms with E-state index >= 15 is 0 Å². The number of nitrogens with one attached hydrogen (secondary N) is 1. The van der Waals surface area contributed by atoms with Gasteiger partial charge in [-0.25, -0.2) is 9.97 Å². The fourth-order valence-corrected chi connectivity index (χ4v) is 2.88. The molecule has 0 saturated heterocycles. The van der Waals surface area contributed by atoms with Gasteiger partial charge in [-0.3, -0.25) is 9.98 Å². The molecule has 2 aromatic heterocycles. The van der Waals surface area contributed by atoms with Gasteiger partial charge in [0.2, 0.25) is 5.95 Å². The molecule has 104 valence electrons. The van der Waals surface area contributed by atoms with Crippen LogP contribution in [-0.4, -0.2) is 38.9 Å². The fraction of sp³-hybridized carbons (Fsp3) is 0.154. The first kappa shape index (κ1) is 12.4. The van der Waals surface area contributed by atoms with E-state index in [0.717, 1.165) is 34.8 Å². The maximum atomic E-state index is 4.58. The van der Waals surface area contributed by atoms with Crippen LogP contribution in [-0.2, 0) is 0 Å².